The predicted molar refractivity (Wildman–Crippen MR) is 58.5 cm³/mol. The Labute approximate surface area is 90.1 Å². The third kappa shape index (κ3) is 2.63. The van der Waals surface area contributed by atoms with Gasteiger partial charge in [-0.3, -0.25) is 14.7 Å². The van der Waals surface area contributed by atoms with E-state index < -0.39 is 0 Å². The van der Waals surface area contributed by atoms with Crippen LogP contribution in [0, 0.1) is 6.92 Å². The second-order valence-corrected chi connectivity index (χ2v) is 4.08. The first-order chi connectivity index (χ1) is 7.25. The van der Waals surface area contributed by atoms with Gasteiger partial charge in [-0.25, -0.2) is 0 Å². The average Bonchev–Trinajstić information content (AvgIpc) is 2.25. The maximum absolute atomic E-state index is 11.1. The summed E-state index contributed by atoms with van der Waals surface area (Å²) in [7, 11) is 0. The summed E-state index contributed by atoms with van der Waals surface area (Å²) in [6.07, 6.45) is 3.23. The highest BCUT2D eigenvalue weighted by atomic mass is 16.1. The fraction of sp³-hybridized carbons (Fsp3) is 0.500. The topological polar surface area (TPSA) is 33.2 Å². The molecule has 1 fully saturated rings. The molecule has 0 unspecified atom stereocenters. The minimum absolute atomic E-state index is 0.393. The van der Waals surface area contributed by atoms with Crippen LogP contribution in [0.25, 0.3) is 0 Å². The van der Waals surface area contributed by atoms with Crippen LogP contribution >= 0.6 is 0 Å². The summed E-state index contributed by atoms with van der Waals surface area (Å²) in [5.74, 6) is 0.393. The maximum atomic E-state index is 11.1. The van der Waals surface area contributed by atoms with Crippen LogP contribution in [0.3, 0.4) is 0 Å². The van der Waals surface area contributed by atoms with Crippen LogP contribution < -0.4 is 0 Å². The molecule has 1 aromatic heterocycles. The quantitative estimate of drug-likeness (QED) is 0.733. The Hall–Kier alpha value is -1.22. The fourth-order valence-corrected chi connectivity index (χ4v) is 1.86. The highest BCUT2D eigenvalue weighted by Crippen LogP contribution is 2.11. The van der Waals surface area contributed by atoms with E-state index in [-0.39, 0.29) is 0 Å². The lowest BCUT2D eigenvalue weighted by molar-refractivity contribution is -0.121. The van der Waals surface area contributed by atoms with Crippen LogP contribution in [0.2, 0.25) is 0 Å². The normalized spacial score (nSPS) is 18.1. The molecule has 0 radical (unpaired) electrons. The van der Waals surface area contributed by atoms with Gasteiger partial charge in [0.15, 0.2) is 0 Å². The predicted octanol–water partition coefficient (Wildman–Crippen LogP) is 1.55. The molecule has 2 rings (SSSR count). The molecule has 80 valence electrons. The number of carbonyl (C=O) groups excluding carboxylic acids is 1. The van der Waals surface area contributed by atoms with Gasteiger partial charge in [-0.15, -0.1) is 0 Å². The van der Waals surface area contributed by atoms with Crippen molar-refractivity contribution < 1.29 is 4.79 Å². The highest BCUT2D eigenvalue weighted by molar-refractivity contribution is 5.79. The number of likely N-dealkylation sites (tertiary alicyclic amines) is 1. The summed E-state index contributed by atoms with van der Waals surface area (Å²) in [6.45, 7) is 4.72. The van der Waals surface area contributed by atoms with E-state index in [0.29, 0.717) is 18.6 Å². The van der Waals surface area contributed by atoms with Crippen molar-refractivity contribution in [3.8, 4) is 0 Å². The average molecular weight is 204 g/mol. The van der Waals surface area contributed by atoms with Crippen molar-refractivity contribution >= 4 is 5.78 Å². The number of pyridine rings is 1. The van der Waals surface area contributed by atoms with Crippen LogP contribution in [0.5, 0.6) is 0 Å². The molecule has 0 atom stereocenters. The van der Waals surface area contributed by atoms with Crippen molar-refractivity contribution in [1.29, 1.82) is 0 Å². The lowest BCUT2D eigenvalue weighted by atomic mass is 10.1. The molecule has 0 spiro atoms. The first kappa shape index (κ1) is 10.3. The lowest BCUT2D eigenvalue weighted by Gasteiger charge is -2.25. The Bertz CT molecular complexity index is 352. The number of aromatic nitrogens is 1. The van der Waals surface area contributed by atoms with E-state index in [9.17, 15) is 4.79 Å². The van der Waals surface area contributed by atoms with Gasteiger partial charge in [0, 0.05) is 38.7 Å². The zero-order valence-electron chi connectivity index (χ0n) is 9.07. The number of hydrogen-bond donors (Lipinski definition) is 0. The van der Waals surface area contributed by atoms with Gasteiger partial charge < -0.3 is 0 Å². The van der Waals surface area contributed by atoms with Crippen LogP contribution in [0.1, 0.15) is 24.1 Å². The second kappa shape index (κ2) is 4.53. The van der Waals surface area contributed by atoms with Crippen LogP contribution in [0.4, 0.5) is 0 Å². The lowest BCUT2D eigenvalue weighted by Crippen LogP contribution is -2.33. The van der Waals surface area contributed by atoms with Gasteiger partial charge in [0.2, 0.25) is 0 Å². The summed E-state index contributed by atoms with van der Waals surface area (Å²) >= 11 is 0. The van der Waals surface area contributed by atoms with Crippen molar-refractivity contribution in [3.63, 3.8) is 0 Å². The minimum Gasteiger partial charge on any atom is -0.300 e. The van der Waals surface area contributed by atoms with Gasteiger partial charge in [-0.2, -0.15) is 0 Å². The van der Waals surface area contributed by atoms with E-state index in [1.165, 1.54) is 5.56 Å². The molecule has 0 amide bonds. The molecule has 1 saturated heterocycles. The van der Waals surface area contributed by atoms with E-state index in [2.05, 4.69) is 22.9 Å². The monoisotopic (exact) mass is 204 g/mol. The minimum atomic E-state index is 0.393. The Kier molecular flexibility index (Phi) is 3.11. The SMILES string of the molecule is Cc1cccnc1CN1CCC(=O)CC1. The molecule has 3 nitrogen and oxygen atoms in total. The Morgan fingerprint density at radius 3 is 2.80 bits per heavy atom. The van der Waals surface area contributed by atoms with E-state index in [1.807, 2.05) is 12.3 Å². The number of nitrogens with zero attached hydrogens (tertiary/aromatic N) is 2. The number of Topliss-reactive ketones (excluding diaryl/α,β-unsaturated/α-hetero) is 1. The molecular formula is C12H16N2O. The third-order valence-electron chi connectivity index (χ3n) is 2.90. The Morgan fingerprint density at radius 1 is 1.40 bits per heavy atom. The number of carbonyl (C=O) groups is 1. The second-order valence-electron chi connectivity index (χ2n) is 4.08. The largest absolute Gasteiger partial charge is 0.300 e. The first-order valence-corrected chi connectivity index (χ1v) is 5.40. The highest BCUT2D eigenvalue weighted by Gasteiger charge is 2.16. The van der Waals surface area contributed by atoms with Gasteiger partial charge in [-0.1, -0.05) is 6.07 Å². The molecule has 0 saturated carbocycles. The fourth-order valence-electron chi connectivity index (χ4n) is 1.86. The number of ketones is 1. The Balaban J connectivity index is 1.97. The molecule has 0 aromatic carbocycles. The standard InChI is InChI=1S/C12H16N2O/c1-10-3-2-6-13-12(10)9-14-7-4-11(15)5-8-14/h2-3,6H,4-5,7-9H2,1H3. The molecule has 1 aromatic rings. The molecular weight excluding hydrogens is 188 g/mol. The summed E-state index contributed by atoms with van der Waals surface area (Å²) in [5.41, 5.74) is 2.36. The molecule has 1 aliphatic rings. The summed E-state index contributed by atoms with van der Waals surface area (Å²) in [6, 6.07) is 4.04. The molecule has 0 bridgehead atoms. The molecule has 0 N–H and O–H groups in total. The van der Waals surface area contributed by atoms with Crippen LogP contribution in [-0.2, 0) is 11.3 Å². The van der Waals surface area contributed by atoms with Crippen molar-refractivity contribution in [2.45, 2.75) is 26.3 Å². The number of hydrogen-bond acceptors (Lipinski definition) is 3. The smallest absolute Gasteiger partial charge is 0.135 e. The molecule has 2 heterocycles. The van der Waals surface area contributed by atoms with Crippen molar-refractivity contribution in [2.24, 2.45) is 0 Å². The third-order valence-corrected chi connectivity index (χ3v) is 2.90. The van der Waals surface area contributed by atoms with Gasteiger partial charge in [0.25, 0.3) is 0 Å². The number of piperidine rings is 1. The van der Waals surface area contributed by atoms with E-state index in [4.69, 9.17) is 0 Å². The van der Waals surface area contributed by atoms with E-state index in [1.54, 1.807) is 0 Å². The van der Waals surface area contributed by atoms with Crippen molar-refractivity contribution in [2.75, 3.05) is 13.1 Å². The van der Waals surface area contributed by atoms with E-state index >= 15 is 0 Å². The van der Waals surface area contributed by atoms with Crippen LogP contribution in [0.15, 0.2) is 18.3 Å². The first-order valence-electron chi connectivity index (χ1n) is 5.40. The molecule has 15 heavy (non-hydrogen) atoms. The number of rotatable bonds is 2. The zero-order valence-corrected chi connectivity index (χ0v) is 9.07. The molecule has 0 aliphatic carbocycles. The van der Waals surface area contributed by atoms with Gasteiger partial charge >= 0.3 is 0 Å². The molecule has 3 heteroatoms. The zero-order chi connectivity index (χ0) is 10.7. The maximum Gasteiger partial charge on any atom is 0.135 e. The summed E-state index contributed by atoms with van der Waals surface area (Å²) < 4.78 is 0. The number of aryl methyl sites for hydroxylation is 1. The van der Waals surface area contributed by atoms with E-state index in [0.717, 1.165) is 25.3 Å². The summed E-state index contributed by atoms with van der Waals surface area (Å²) in [4.78, 5) is 17.8. The molecule has 1 aliphatic heterocycles. The van der Waals surface area contributed by atoms with Gasteiger partial charge in [-0.05, 0) is 18.6 Å². The van der Waals surface area contributed by atoms with Crippen molar-refractivity contribution in [1.82, 2.24) is 9.88 Å². The van der Waals surface area contributed by atoms with Gasteiger partial charge in [0.05, 0.1) is 5.69 Å². The van der Waals surface area contributed by atoms with Crippen molar-refractivity contribution in [3.05, 3.63) is 29.6 Å². The van der Waals surface area contributed by atoms with Crippen LogP contribution in [-0.4, -0.2) is 28.8 Å². The summed E-state index contributed by atoms with van der Waals surface area (Å²) in [5, 5.41) is 0. The van der Waals surface area contributed by atoms with Gasteiger partial charge in [0.1, 0.15) is 5.78 Å². The Morgan fingerprint density at radius 2 is 2.13 bits per heavy atom.